The van der Waals surface area contributed by atoms with E-state index in [4.69, 9.17) is 5.11 Å². The maximum Gasteiger partial charge on any atom is 0.370 e. The summed E-state index contributed by atoms with van der Waals surface area (Å²) in [5.41, 5.74) is 0. The molecule has 1 heterocycles. The second-order valence-electron chi connectivity index (χ2n) is 1.94. The lowest BCUT2D eigenvalue weighted by Crippen LogP contribution is -2.36. The number of aliphatic carboxylic acids is 1. The number of hydrogen-bond donors (Lipinski definition) is 1. The maximum absolute atomic E-state index is 10.1. The molecule has 1 aromatic rings. The van der Waals surface area contributed by atoms with Crippen molar-refractivity contribution in [2.45, 2.75) is 6.54 Å². The van der Waals surface area contributed by atoms with E-state index in [1.807, 2.05) is 6.07 Å². The number of carbonyl (C=O) groups is 1. The normalized spacial score (nSPS) is 8.36. The third-order valence-corrected chi connectivity index (χ3v) is 1.10. The van der Waals surface area contributed by atoms with Crippen LogP contribution in [-0.2, 0) is 11.3 Å². The van der Waals surface area contributed by atoms with Gasteiger partial charge in [-0.15, -0.1) is 12.4 Å². The van der Waals surface area contributed by atoms with E-state index in [1.54, 1.807) is 29.1 Å². The molecule has 3 nitrogen and oxygen atoms in total. The Morgan fingerprint density at radius 3 is 2.27 bits per heavy atom. The first-order chi connectivity index (χ1) is 4.79. The molecule has 0 unspecified atom stereocenters. The van der Waals surface area contributed by atoms with Crippen molar-refractivity contribution in [1.82, 2.24) is 0 Å². The highest BCUT2D eigenvalue weighted by molar-refractivity contribution is 5.85. The van der Waals surface area contributed by atoms with Crippen LogP contribution in [0.5, 0.6) is 0 Å². The van der Waals surface area contributed by atoms with Crippen LogP contribution in [0, 0.1) is 0 Å². The summed E-state index contributed by atoms with van der Waals surface area (Å²) in [4.78, 5) is 10.1. The summed E-state index contributed by atoms with van der Waals surface area (Å²) in [5, 5.41) is 8.35. The molecule has 0 amide bonds. The van der Waals surface area contributed by atoms with Crippen molar-refractivity contribution in [3.63, 3.8) is 0 Å². The molecule has 0 bridgehead atoms. The third-order valence-electron chi connectivity index (χ3n) is 1.10. The van der Waals surface area contributed by atoms with Crippen molar-refractivity contribution in [1.29, 1.82) is 0 Å². The smallest absolute Gasteiger partial charge is 0.370 e. The molecule has 0 radical (unpaired) electrons. The summed E-state index contributed by atoms with van der Waals surface area (Å²) in [6, 6.07) is 5.43. The summed E-state index contributed by atoms with van der Waals surface area (Å²) in [5.74, 6) is -0.823. The number of aromatic nitrogens is 1. The van der Waals surface area contributed by atoms with Crippen LogP contribution >= 0.6 is 12.4 Å². The van der Waals surface area contributed by atoms with Gasteiger partial charge in [0, 0.05) is 12.1 Å². The van der Waals surface area contributed by atoms with Gasteiger partial charge in [-0.3, -0.25) is 0 Å². The van der Waals surface area contributed by atoms with Gasteiger partial charge in [0.1, 0.15) is 0 Å². The van der Waals surface area contributed by atoms with Crippen molar-refractivity contribution in [3.8, 4) is 0 Å². The summed E-state index contributed by atoms with van der Waals surface area (Å²) in [7, 11) is 0. The molecule has 0 fully saturated rings. The molecule has 4 heteroatoms. The standard InChI is InChI=1S/C7H7NO2.ClH/c9-7(10)6-8-4-2-1-3-5-8;/h1-5H,6H2;1H/p+1. The Hall–Kier alpha value is -1.09. The molecule has 0 spiro atoms. The average Bonchev–Trinajstić information content (AvgIpc) is 1.88. The molecule has 11 heavy (non-hydrogen) atoms. The summed E-state index contributed by atoms with van der Waals surface area (Å²) < 4.78 is 1.60. The number of rotatable bonds is 2. The summed E-state index contributed by atoms with van der Waals surface area (Å²) in [6.07, 6.45) is 3.43. The minimum atomic E-state index is -0.823. The van der Waals surface area contributed by atoms with E-state index in [0.29, 0.717) is 0 Å². The monoisotopic (exact) mass is 174 g/mol. The first kappa shape index (κ1) is 9.91. The lowest BCUT2D eigenvalue weighted by molar-refractivity contribution is -0.685. The summed E-state index contributed by atoms with van der Waals surface area (Å²) in [6.45, 7) is 0.0286. The fourth-order valence-corrected chi connectivity index (χ4v) is 0.696. The van der Waals surface area contributed by atoms with Gasteiger partial charge in [0.05, 0.1) is 0 Å². The van der Waals surface area contributed by atoms with Gasteiger partial charge in [0.2, 0.25) is 6.54 Å². The first-order valence-electron chi connectivity index (χ1n) is 2.95. The molecule has 0 saturated carbocycles. The van der Waals surface area contributed by atoms with E-state index in [1.165, 1.54) is 0 Å². The Labute approximate surface area is 70.7 Å². The number of pyridine rings is 1. The molecule has 1 N–H and O–H groups in total. The number of carboxylic acids is 1. The number of nitrogens with zero attached hydrogens (tertiary/aromatic N) is 1. The van der Waals surface area contributed by atoms with E-state index in [2.05, 4.69) is 0 Å². The number of halogens is 1. The minimum absolute atomic E-state index is 0. The Kier molecular flexibility index (Phi) is 4.22. The Morgan fingerprint density at radius 2 is 1.82 bits per heavy atom. The van der Waals surface area contributed by atoms with Crippen LogP contribution in [0.4, 0.5) is 0 Å². The molecule has 0 aliphatic carbocycles. The molecule has 0 atom stereocenters. The quantitative estimate of drug-likeness (QED) is 0.663. The average molecular weight is 175 g/mol. The van der Waals surface area contributed by atoms with Crippen LogP contribution in [0.3, 0.4) is 0 Å². The second-order valence-corrected chi connectivity index (χ2v) is 1.94. The SMILES string of the molecule is Cl.O=C(O)C[n+]1ccccc1. The number of hydrogen-bond acceptors (Lipinski definition) is 1. The molecular formula is C7H9ClNO2+. The van der Waals surface area contributed by atoms with E-state index in [0.717, 1.165) is 0 Å². The zero-order valence-corrected chi connectivity index (χ0v) is 6.62. The van der Waals surface area contributed by atoms with Crippen LogP contribution in [-0.4, -0.2) is 11.1 Å². The minimum Gasteiger partial charge on any atom is -0.477 e. The van der Waals surface area contributed by atoms with Crippen molar-refractivity contribution in [2.75, 3.05) is 0 Å². The summed E-state index contributed by atoms with van der Waals surface area (Å²) >= 11 is 0. The van der Waals surface area contributed by atoms with Gasteiger partial charge in [-0.25, -0.2) is 4.79 Å². The third kappa shape index (κ3) is 3.57. The van der Waals surface area contributed by atoms with E-state index in [-0.39, 0.29) is 19.0 Å². The van der Waals surface area contributed by atoms with Gasteiger partial charge in [-0.2, -0.15) is 4.57 Å². The van der Waals surface area contributed by atoms with Crippen molar-refractivity contribution in [3.05, 3.63) is 30.6 Å². The fourth-order valence-electron chi connectivity index (χ4n) is 0.696. The van der Waals surface area contributed by atoms with Gasteiger partial charge >= 0.3 is 5.97 Å². The Morgan fingerprint density at radius 1 is 1.27 bits per heavy atom. The lowest BCUT2D eigenvalue weighted by atomic mass is 10.5. The van der Waals surface area contributed by atoms with E-state index < -0.39 is 5.97 Å². The molecule has 0 saturated heterocycles. The van der Waals surface area contributed by atoms with Crippen molar-refractivity contribution in [2.24, 2.45) is 0 Å². The van der Waals surface area contributed by atoms with Gasteiger partial charge < -0.3 is 5.11 Å². The molecular weight excluding hydrogens is 166 g/mol. The molecule has 60 valence electrons. The Bertz CT molecular complexity index is 225. The highest BCUT2D eigenvalue weighted by Gasteiger charge is 2.03. The van der Waals surface area contributed by atoms with Gasteiger partial charge in [-0.05, 0) is 0 Å². The zero-order valence-electron chi connectivity index (χ0n) is 5.80. The maximum atomic E-state index is 10.1. The van der Waals surface area contributed by atoms with Crippen LogP contribution < -0.4 is 4.57 Å². The highest BCUT2D eigenvalue weighted by atomic mass is 35.5. The van der Waals surface area contributed by atoms with Crippen molar-refractivity contribution >= 4 is 18.4 Å². The topological polar surface area (TPSA) is 41.2 Å². The van der Waals surface area contributed by atoms with Gasteiger partial charge in [0.25, 0.3) is 0 Å². The predicted octanol–water partition coefficient (Wildman–Crippen LogP) is 0.480. The number of carboxylic acid groups (broad SMARTS) is 1. The molecule has 1 rings (SSSR count). The zero-order chi connectivity index (χ0) is 7.40. The van der Waals surface area contributed by atoms with Crippen LogP contribution in [0.15, 0.2) is 30.6 Å². The largest absolute Gasteiger partial charge is 0.477 e. The lowest BCUT2D eigenvalue weighted by Gasteiger charge is -1.87. The Balaban J connectivity index is 0.000001000. The predicted molar refractivity (Wildman–Crippen MR) is 41.5 cm³/mol. The fraction of sp³-hybridized carbons (Fsp3) is 0.143. The van der Waals surface area contributed by atoms with E-state index in [9.17, 15) is 4.79 Å². The highest BCUT2D eigenvalue weighted by Crippen LogP contribution is 1.76. The molecule has 0 aliphatic heterocycles. The van der Waals surface area contributed by atoms with Crippen LogP contribution in [0.25, 0.3) is 0 Å². The van der Waals surface area contributed by atoms with Crippen molar-refractivity contribution < 1.29 is 14.5 Å². The van der Waals surface area contributed by atoms with Gasteiger partial charge in [-0.1, -0.05) is 6.07 Å². The first-order valence-corrected chi connectivity index (χ1v) is 2.95. The second kappa shape index (κ2) is 4.68. The van der Waals surface area contributed by atoms with Crippen LogP contribution in [0.2, 0.25) is 0 Å². The molecule has 0 aliphatic rings. The van der Waals surface area contributed by atoms with E-state index >= 15 is 0 Å². The van der Waals surface area contributed by atoms with Crippen LogP contribution in [0.1, 0.15) is 0 Å². The van der Waals surface area contributed by atoms with Gasteiger partial charge in [0.15, 0.2) is 12.4 Å². The molecule has 1 aromatic heterocycles. The molecule has 0 aromatic carbocycles.